The molecule has 5 heteroatoms. The summed E-state index contributed by atoms with van der Waals surface area (Å²) in [5.41, 5.74) is -2.68. The minimum Gasteiger partial charge on any atom is -0.459 e. The van der Waals surface area contributed by atoms with Crippen LogP contribution in [0.25, 0.3) is 0 Å². The lowest BCUT2D eigenvalue weighted by atomic mass is 9.94. The van der Waals surface area contributed by atoms with Gasteiger partial charge in [-0.2, -0.15) is 4.89 Å². The van der Waals surface area contributed by atoms with Crippen LogP contribution in [0.2, 0.25) is 0 Å². The summed E-state index contributed by atoms with van der Waals surface area (Å²) in [7, 11) is 0. The molecule has 0 aliphatic rings. The predicted molar refractivity (Wildman–Crippen MR) is 66.6 cm³/mol. The Bertz CT molecular complexity index is 317. The van der Waals surface area contributed by atoms with Crippen LogP contribution in [0.3, 0.4) is 0 Å². The van der Waals surface area contributed by atoms with Gasteiger partial charge in [-0.05, 0) is 55.4 Å². The monoisotopic (exact) mass is 260 g/mol. The summed E-state index contributed by atoms with van der Waals surface area (Å²) < 4.78 is 5.16. The topological polar surface area (TPSA) is 61.8 Å². The Balaban J connectivity index is 4.62. The van der Waals surface area contributed by atoms with Crippen LogP contribution in [0.4, 0.5) is 0 Å². The fraction of sp³-hybridized carbons (Fsp3) is 0.846. The maximum Gasteiger partial charge on any atom is 0.359 e. The second-order valence-corrected chi connectivity index (χ2v) is 6.69. The van der Waals surface area contributed by atoms with Crippen LogP contribution in [0.1, 0.15) is 55.4 Å². The number of carbonyl (C=O) groups excluding carboxylic acids is 2. The molecule has 5 nitrogen and oxygen atoms in total. The van der Waals surface area contributed by atoms with Gasteiger partial charge in [-0.1, -0.05) is 0 Å². The van der Waals surface area contributed by atoms with Gasteiger partial charge in [0.2, 0.25) is 0 Å². The van der Waals surface area contributed by atoms with Crippen molar-refractivity contribution in [3.8, 4) is 0 Å². The van der Waals surface area contributed by atoms with Crippen molar-refractivity contribution in [1.29, 1.82) is 0 Å². The van der Waals surface area contributed by atoms with Gasteiger partial charge in [0.25, 0.3) is 0 Å². The van der Waals surface area contributed by atoms with Gasteiger partial charge in [0.1, 0.15) is 11.2 Å². The molecule has 0 N–H and O–H groups in total. The summed E-state index contributed by atoms with van der Waals surface area (Å²) >= 11 is 0. The maximum atomic E-state index is 11.9. The van der Waals surface area contributed by atoms with E-state index in [2.05, 4.69) is 4.89 Å². The maximum absolute atomic E-state index is 11.9. The van der Waals surface area contributed by atoms with E-state index in [4.69, 9.17) is 9.62 Å². The highest BCUT2D eigenvalue weighted by Crippen LogP contribution is 2.24. The molecule has 0 aliphatic heterocycles. The zero-order valence-electron chi connectivity index (χ0n) is 12.5. The smallest absolute Gasteiger partial charge is 0.359 e. The van der Waals surface area contributed by atoms with E-state index in [1.807, 2.05) is 0 Å². The summed E-state index contributed by atoms with van der Waals surface area (Å²) in [6.45, 7) is 13.3. The number of hydrogen-bond donors (Lipinski definition) is 0. The molecule has 0 spiro atoms. The molecule has 0 aromatic carbocycles. The Morgan fingerprint density at radius 1 is 0.722 bits per heavy atom. The van der Waals surface area contributed by atoms with Crippen molar-refractivity contribution >= 4 is 11.9 Å². The molecular weight excluding hydrogens is 236 g/mol. The van der Waals surface area contributed by atoms with Crippen molar-refractivity contribution in [2.75, 3.05) is 0 Å². The molecule has 0 saturated carbocycles. The third-order valence-corrected chi connectivity index (χ3v) is 1.79. The molecule has 0 rings (SSSR count). The van der Waals surface area contributed by atoms with Crippen molar-refractivity contribution in [3.63, 3.8) is 0 Å². The largest absolute Gasteiger partial charge is 0.459 e. The number of esters is 1. The highest BCUT2D eigenvalue weighted by Gasteiger charge is 2.42. The predicted octanol–water partition coefficient (Wildman–Crippen LogP) is 2.63. The van der Waals surface area contributed by atoms with Crippen LogP contribution in [0.5, 0.6) is 0 Å². The fourth-order valence-corrected chi connectivity index (χ4v) is 0.756. The summed E-state index contributed by atoms with van der Waals surface area (Å²) in [5.74, 6) is -1.41. The minimum absolute atomic E-state index is 0.625. The molecule has 0 bridgehead atoms. The van der Waals surface area contributed by atoms with Gasteiger partial charge in [-0.25, -0.2) is 4.79 Å². The molecule has 0 amide bonds. The Kier molecular flexibility index (Phi) is 4.94. The van der Waals surface area contributed by atoms with Crippen LogP contribution < -0.4 is 0 Å². The van der Waals surface area contributed by atoms with Gasteiger partial charge in [0.15, 0.2) is 5.41 Å². The van der Waals surface area contributed by atoms with E-state index in [-0.39, 0.29) is 0 Å². The quantitative estimate of drug-likeness (QED) is 0.338. The van der Waals surface area contributed by atoms with Gasteiger partial charge in [-0.15, -0.1) is 0 Å². The normalized spacial score (nSPS) is 13.1. The van der Waals surface area contributed by atoms with E-state index in [1.165, 1.54) is 13.8 Å². The summed E-state index contributed by atoms with van der Waals surface area (Å²) in [6, 6.07) is 0. The van der Waals surface area contributed by atoms with E-state index in [9.17, 15) is 9.59 Å². The van der Waals surface area contributed by atoms with Crippen LogP contribution in [0, 0.1) is 5.41 Å². The first kappa shape index (κ1) is 16.9. The third kappa shape index (κ3) is 6.00. The molecule has 0 aliphatic carbocycles. The molecule has 0 radical (unpaired) electrons. The zero-order chi connectivity index (χ0) is 14.8. The minimum atomic E-state index is -1.40. The van der Waals surface area contributed by atoms with Crippen molar-refractivity contribution in [2.45, 2.75) is 66.6 Å². The number of carbonyl (C=O) groups is 2. The highest BCUT2D eigenvalue weighted by atomic mass is 17.2. The van der Waals surface area contributed by atoms with Gasteiger partial charge < -0.3 is 4.74 Å². The molecule has 0 atom stereocenters. The lowest BCUT2D eigenvalue weighted by Gasteiger charge is -2.27. The molecule has 18 heavy (non-hydrogen) atoms. The fourth-order valence-electron chi connectivity index (χ4n) is 0.756. The van der Waals surface area contributed by atoms with Crippen molar-refractivity contribution in [1.82, 2.24) is 0 Å². The second kappa shape index (κ2) is 5.26. The Morgan fingerprint density at radius 3 is 1.50 bits per heavy atom. The lowest BCUT2D eigenvalue weighted by molar-refractivity contribution is -0.325. The van der Waals surface area contributed by atoms with Gasteiger partial charge in [-0.3, -0.25) is 9.68 Å². The summed E-state index contributed by atoms with van der Waals surface area (Å²) in [6.07, 6.45) is 0. The number of hydrogen-bond acceptors (Lipinski definition) is 5. The van der Waals surface area contributed by atoms with Gasteiger partial charge in [0.05, 0.1) is 0 Å². The number of ether oxygens (including phenoxy) is 1. The molecule has 106 valence electrons. The molecular formula is C13H24O5. The molecule has 0 aromatic rings. The molecule has 0 saturated heterocycles. The third-order valence-electron chi connectivity index (χ3n) is 1.79. The Hall–Kier alpha value is -1.10. The van der Waals surface area contributed by atoms with E-state index >= 15 is 0 Å². The van der Waals surface area contributed by atoms with E-state index in [1.54, 1.807) is 41.5 Å². The van der Waals surface area contributed by atoms with Crippen molar-refractivity contribution < 1.29 is 24.1 Å². The number of rotatable bonds is 3. The van der Waals surface area contributed by atoms with Crippen LogP contribution >= 0.6 is 0 Å². The van der Waals surface area contributed by atoms with Crippen molar-refractivity contribution in [2.24, 2.45) is 5.41 Å². The van der Waals surface area contributed by atoms with E-state index in [0.717, 1.165) is 0 Å². The summed E-state index contributed by atoms with van der Waals surface area (Å²) in [4.78, 5) is 33.2. The Labute approximate surface area is 109 Å². The van der Waals surface area contributed by atoms with Crippen LogP contribution in [-0.4, -0.2) is 23.1 Å². The van der Waals surface area contributed by atoms with Gasteiger partial charge >= 0.3 is 11.9 Å². The van der Waals surface area contributed by atoms with Gasteiger partial charge in [0, 0.05) is 0 Å². The van der Waals surface area contributed by atoms with Crippen LogP contribution in [0.15, 0.2) is 0 Å². The average molecular weight is 260 g/mol. The van der Waals surface area contributed by atoms with Crippen LogP contribution in [-0.2, 0) is 24.1 Å². The van der Waals surface area contributed by atoms with E-state index in [0.29, 0.717) is 0 Å². The summed E-state index contributed by atoms with van der Waals surface area (Å²) in [5, 5.41) is 0. The highest BCUT2D eigenvalue weighted by molar-refractivity contribution is 5.99. The SMILES string of the molecule is CC(C)(C)OOC(=O)C(C)(C)C(=O)OC(C)(C)C. The lowest BCUT2D eigenvalue weighted by Crippen LogP contribution is -2.41. The van der Waals surface area contributed by atoms with E-state index < -0.39 is 28.6 Å². The molecule has 0 fully saturated rings. The standard InChI is InChI=1S/C13H24O5/c1-11(2,3)16-9(14)13(7,8)10(15)17-18-12(4,5)6/h1-8H3. The van der Waals surface area contributed by atoms with Crippen molar-refractivity contribution in [3.05, 3.63) is 0 Å². The first-order valence-electron chi connectivity index (χ1n) is 5.89. The zero-order valence-corrected chi connectivity index (χ0v) is 12.5. The second-order valence-electron chi connectivity index (χ2n) is 6.69. The first-order valence-corrected chi connectivity index (χ1v) is 5.89. The molecule has 0 aromatic heterocycles. The average Bonchev–Trinajstić information content (AvgIpc) is 2.09. The Morgan fingerprint density at radius 2 is 1.17 bits per heavy atom. The molecule has 0 unspecified atom stereocenters. The molecule has 0 heterocycles. The first-order chi connectivity index (χ1) is 7.76.